The molecule has 1 aromatic carbocycles. The summed E-state index contributed by atoms with van der Waals surface area (Å²) in [5, 5.41) is 3.01. The molecule has 0 bridgehead atoms. The second-order valence-electron chi connectivity index (χ2n) is 4.79. The second-order valence-corrected chi connectivity index (χ2v) is 4.79. The van der Waals surface area contributed by atoms with Gasteiger partial charge in [0.2, 0.25) is 5.91 Å². The Bertz CT molecular complexity index is 395. The van der Waals surface area contributed by atoms with Crippen LogP contribution in [0.5, 0.6) is 0 Å². The third kappa shape index (κ3) is 2.86. The number of para-hydroxylation sites is 1. The molecule has 3 nitrogen and oxygen atoms in total. The van der Waals surface area contributed by atoms with Gasteiger partial charge < -0.3 is 10.1 Å². The first-order valence-corrected chi connectivity index (χ1v) is 6.16. The molecule has 1 N–H and O–H groups in total. The fourth-order valence-corrected chi connectivity index (χ4v) is 2.09. The van der Waals surface area contributed by atoms with Crippen molar-refractivity contribution in [3.63, 3.8) is 0 Å². The van der Waals surface area contributed by atoms with Crippen molar-refractivity contribution in [2.45, 2.75) is 26.2 Å². The smallest absolute Gasteiger partial charge is 0.229 e. The maximum Gasteiger partial charge on any atom is 0.229 e. The summed E-state index contributed by atoms with van der Waals surface area (Å²) in [7, 11) is 0. The Hall–Kier alpha value is -1.35. The normalized spacial score (nSPS) is 19.6. The molecule has 3 heteroatoms. The van der Waals surface area contributed by atoms with Crippen molar-refractivity contribution in [3.8, 4) is 0 Å². The molecule has 1 aromatic rings. The summed E-state index contributed by atoms with van der Waals surface area (Å²) in [4.78, 5) is 12.0. The van der Waals surface area contributed by atoms with Crippen molar-refractivity contribution in [2.75, 3.05) is 18.5 Å². The number of carbonyl (C=O) groups excluding carboxylic acids is 1. The van der Waals surface area contributed by atoms with Crippen LogP contribution in [0.15, 0.2) is 24.3 Å². The number of hydrogen-bond acceptors (Lipinski definition) is 2. The van der Waals surface area contributed by atoms with Gasteiger partial charge in [-0.2, -0.15) is 0 Å². The average Bonchev–Trinajstić information content (AvgIpc) is 2.83. The van der Waals surface area contributed by atoms with E-state index in [0.29, 0.717) is 19.1 Å². The SMILES string of the molecule is CC(C)c1ccccc1NC(=O)C1CCOC1. The number of benzene rings is 1. The first-order chi connectivity index (χ1) is 8.18. The number of nitrogens with one attached hydrogen (secondary N) is 1. The van der Waals surface area contributed by atoms with Gasteiger partial charge in [-0.05, 0) is 24.0 Å². The Morgan fingerprint density at radius 1 is 1.41 bits per heavy atom. The highest BCUT2D eigenvalue weighted by atomic mass is 16.5. The number of anilines is 1. The van der Waals surface area contributed by atoms with Gasteiger partial charge in [-0.1, -0.05) is 32.0 Å². The molecule has 0 saturated carbocycles. The predicted octanol–water partition coefficient (Wildman–Crippen LogP) is 2.79. The lowest BCUT2D eigenvalue weighted by molar-refractivity contribution is -0.119. The van der Waals surface area contributed by atoms with Crippen LogP contribution in [-0.2, 0) is 9.53 Å². The lowest BCUT2D eigenvalue weighted by Crippen LogP contribution is -2.23. The fraction of sp³-hybridized carbons (Fsp3) is 0.500. The molecule has 92 valence electrons. The molecule has 1 atom stereocenters. The highest BCUT2D eigenvalue weighted by Crippen LogP contribution is 2.25. The summed E-state index contributed by atoms with van der Waals surface area (Å²) >= 11 is 0. The van der Waals surface area contributed by atoms with Crippen LogP contribution in [0, 0.1) is 5.92 Å². The van der Waals surface area contributed by atoms with Crippen molar-refractivity contribution >= 4 is 11.6 Å². The Balaban J connectivity index is 2.09. The van der Waals surface area contributed by atoms with Crippen molar-refractivity contribution in [2.24, 2.45) is 5.92 Å². The molecule has 2 rings (SSSR count). The van der Waals surface area contributed by atoms with Gasteiger partial charge in [0.05, 0.1) is 12.5 Å². The highest BCUT2D eigenvalue weighted by molar-refractivity contribution is 5.93. The Kier molecular flexibility index (Phi) is 3.79. The quantitative estimate of drug-likeness (QED) is 0.871. The number of carbonyl (C=O) groups is 1. The van der Waals surface area contributed by atoms with E-state index in [-0.39, 0.29) is 11.8 Å². The van der Waals surface area contributed by atoms with Crippen LogP contribution in [0.2, 0.25) is 0 Å². The van der Waals surface area contributed by atoms with Gasteiger partial charge in [0.15, 0.2) is 0 Å². The first-order valence-electron chi connectivity index (χ1n) is 6.16. The Morgan fingerprint density at radius 2 is 2.18 bits per heavy atom. The van der Waals surface area contributed by atoms with E-state index in [0.717, 1.165) is 12.1 Å². The number of rotatable bonds is 3. The lowest BCUT2D eigenvalue weighted by Gasteiger charge is -2.15. The standard InChI is InChI=1S/C14H19NO2/c1-10(2)12-5-3-4-6-13(12)15-14(16)11-7-8-17-9-11/h3-6,10-11H,7-9H2,1-2H3,(H,15,16). The van der Waals surface area contributed by atoms with Crippen LogP contribution >= 0.6 is 0 Å². The summed E-state index contributed by atoms with van der Waals surface area (Å²) in [5.41, 5.74) is 2.11. The third-order valence-corrected chi connectivity index (χ3v) is 3.14. The van der Waals surface area contributed by atoms with E-state index in [2.05, 4.69) is 25.2 Å². The van der Waals surface area contributed by atoms with Gasteiger partial charge in [-0.15, -0.1) is 0 Å². The fourth-order valence-electron chi connectivity index (χ4n) is 2.09. The summed E-state index contributed by atoms with van der Waals surface area (Å²) in [6.45, 7) is 5.51. The lowest BCUT2D eigenvalue weighted by atomic mass is 10.0. The van der Waals surface area contributed by atoms with E-state index >= 15 is 0 Å². The molecule has 1 saturated heterocycles. The zero-order valence-corrected chi connectivity index (χ0v) is 10.4. The average molecular weight is 233 g/mol. The van der Waals surface area contributed by atoms with E-state index in [1.54, 1.807) is 0 Å². The summed E-state index contributed by atoms with van der Waals surface area (Å²) in [5.74, 6) is 0.497. The van der Waals surface area contributed by atoms with Gasteiger partial charge in [0.25, 0.3) is 0 Å². The van der Waals surface area contributed by atoms with Gasteiger partial charge >= 0.3 is 0 Å². The van der Waals surface area contributed by atoms with E-state index in [4.69, 9.17) is 4.74 Å². The summed E-state index contributed by atoms with van der Waals surface area (Å²) < 4.78 is 5.23. The van der Waals surface area contributed by atoms with Crippen LogP contribution in [-0.4, -0.2) is 19.1 Å². The van der Waals surface area contributed by atoms with Crippen molar-refractivity contribution < 1.29 is 9.53 Å². The van der Waals surface area contributed by atoms with Gasteiger partial charge in [0.1, 0.15) is 0 Å². The summed E-state index contributed by atoms with van der Waals surface area (Å²) in [6, 6.07) is 7.98. The molecule has 0 aliphatic carbocycles. The largest absolute Gasteiger partial charge is 0.381 e. The van der Waals surface area contributed by atoms with Crippen molar-refractivity contribution in [3.05, 3.63) is 29.8 Å². The van der Waals surface area contributed by atoms with E-state index in [9.17, 15) is 4.79 Å². The Morgan fingerprint density at radius 3 is 2.82 bits per heavy atom. The molecule has 17 heavy (non-hydrogen) atoms. The molecule has 0 aromatic heterocycles. The number of amides is 1. The van der Waals surface area contributed by atoms with Gasteiger partial charge in [-0.3, -0.25) is 4.79 Å². The highest BCUT2D eigenvalue weighted by Gasteiger charge is 2.24. The predicted molar refractivity (Wildman–Crippen MR) is 68.1 cm³/mol. The minimum Gasteiger partial charge on any atom is -0.381 e. The van der Waals surface area contributed by atoms with Crippen molar-refractivity contribution in [1.82, 2.24) is 0 Å². The first kappa shape index (κ1) is 12.1. The number of hydrogen-bond donors (Lipinski definition) is 1. The minimum atomic E-state index is 0.00946. The molecule has 1 heterocycles. The maximum absolute atomic E-state index is 12.0. The molecule has 1 aliphatic rings. The molecule has 0 radical (unpaired) electrons. The van der Waals surface area contributed by atoms with E-state index < -0.39 is 0 Å². The van der Waals surface area contributed by atoms with Crippen LogP contribution in [0.25, 0.3) is 0 Å². The maximum atomic E-state index is 12.0. The van der Waals surface area contributed by atoms with Crippen LogP contribution in [0.4, 0.5) is 5.69 Å². The molecular formula is C14H19NO2. The topological polar surface area (TPSA) is 38.3 Å². The summed E-state index contributed by atoms with van der Waals surface area (Å²) in [6.07, 6.45) is 0.829. The molecular weight excluding hydrogens is 214 g/mol. The monoisotopic (exact) mass is 233 g/mol. The van der Waals surface area contributed by atoms with E-state index in [1.165, 1.54) is 5.56 Å². The molecule has 1 fully saturated rings. The zero-order chi connectivity index (χ0) is 12.3. The molecule has 1 amide bonds. The van der Waals surface area contributed by atoms with Crippen LogP contribution in [0.3, 0.4) is 0 Å². The second kappa shape index (κ2) is 5.32. The van der Waals surface area contributed by atoms with Crippen molar-refractivity contribution in [1.29, 1.82) is 0 Å². The Labute approximate surface area is 102 Å². The van der Waals surface area contributed by atoms with Gasteiger partial charge in [0, 0.05) is 12.3 Å². The zero-order valence-electron chi connectivity index (χ0n) is 10.4. The molecule has 1 aliphatic heterocycles. The third-order valence-electron chi connectivity index (χ3n) is 3.14. The van der Waals surface area contributed by atoms with Crippen LogP contribution < -0.4 is 5.32 Å². The van der Waals surface area contributed by atoms with Crippen LogP contribution in [0.1, 0.15) is 31.7 Å². The minimum absolute atomic E-state index is 0.00946. The number of ether oxygens (including phenoxy) is 1. The molecule has 1 unspecified atom stereocenters. The van der Waals surface area contributed by atoms with E-state index in [1.807, 2.05) is 18.2 Å². The van der Waals surface area contributed by atoms with Gasteiger partial charge in [-0.25, -0.2) is 0 Å². The molecule has 0 spiro atoms.